The van der Waals surface area contributed by atoms with Crippen LogP contribution in [-0.4, -0.2) is 25.5 Å². The SMILES string of the molecule is CCOc1ccccc1NC(=O)C(C)(C)C(=O)Nc1cc(C)ccc1OC. The number of nitrogens with one attached hydrogen (secondary N) is 2. The van der Waals surface area contributed by atoms with E-state index in [2.05, 4.69) is 10.6 Å². The lowest BCUT2D eigenvalue weighted by atomic mass is 9.90. The molecule has 0 unspecified atom stereocenters. The number of carbonyl (C=O) groups excluding carboxylic acids is 2. The van der Waals surface area contributed by atoms with E-state index in [1.165, 1.54) is 7.11 Å². The second-order valence-electron chi connectivity index (χ2n) is 6.67. The van der Waals surface area contributed by atoms with E-state index in [0.717, 1.165) is 5.56 Å². The number of anilines is 2. The van der Waals surface area contributed by atoms with Crippen LogP contribution >= 0.6 is 0 Å². The van der Waals surface area contributed by atoms with Crippen LogP contribution in [0.5, 0.6) is 11.5 Å². The molecule has 0 spiro atoms. The first kappa shape index (κ1) is 20.3. The molecule has 0 heterocycles. The van der Waals surface area contributed by atoms with Gasteiger partial charge in [0.15, 0.2) is 0 Å². The Morgan fingerprint density at radius 3 is 2.22 bits per heavy atom. The molecule has 0 aromatic heterocycles. The molecule has 2 N–H and O–H groups in total. The van der Waals surface area contributed by atoms with E-state index in [1.54, 1.807) is 44.2 Å². The van der Waals surface area contributed by atoms with Gasteiger partial charge in [-0.2, -0.15) is 0 Å². The summed E-state index contributed by atoms with van der Waals surface area (Å²) in [6, 6.07) is 12.6. The summed E-state index contributed by atoms with van der Waals surface area (Å²) < 4.78 is 10.8. The number of aryl methyl sites for hydroxylation is 1. The summed E-state index contributed by atoms with van der Waals surface area (Å²) in [7, 11) is 1.53. The van der Waals surface area contributed by atoms with Crippen LogP contribution in [0.25, 0.3) is 0 Å². The molecule has 0 saturated heterocycles. The second-order valence-corrected chi connectivity index (χ2v) is 6.67. The van der Waals surface area contributed by atoms with Gasteiger partial charge in [0.05, 0.1) is 25.1 Å². The summed E-state index contributed by atoms with van der Waals surface area (Å²) >= 11 is 0. The third-order valence-electron chi connectivity index (χ3n) is 4.17. The first-order valence-electron chi connectivity index (χ1n) is 8.79. The summed E-state index contributed by atoms with van der Waals surface area (Å²) in [6.45, 7) is 7.40. The molecule has 2 amide bonds. The quantitative estimate of drug-likeness (QED) is 0.722. The van der Waals surface area contributed by atoms with Gasteiger partial charge in [-0.15, -0.1) is 0 Å². The van der Waals surface area contributed by atoms with Crippen molar-refractivity contribution >= 4 is 23.2 Å². The summed E-state index contributed by atoms with van der Waals surface area (Å²) in [6.07, 6.45) is 0. The molecule has 0 aliphatic carbocycles. The van der Waals surface area contributed by atoms with E-state index in [9.17, 15) is 9.59 Å². The maximum Gasteiger partial charge on any atom is 0.239 e. The van der Waals surface area contributed by atoms with E-state index in [-0.39, 0.29) is 0 Å². The lowest BCUT2D eigenvalue weighted by Gasteiger charge is -2.24. The van der Waals surface area contributed by atoms with Gasteiger partial charge in [0.1, 0.15) is 16.9 Å². The Morgan fingerprint density at radius 2 is 1.59 bits per heavy atom. The zero-order chi connectivity index (χ0) is 20.0. The van der Waals surface area contributed by atoms with Crippen LogP contribution in [0, 0.1) is 12.3 Å². The smallest absolute Gasteiger partial charge is 0.239 e. The van der Waals surface area contributed by atoms with Crippen LogP contribution in [-0.2, 0) is 9.59 Å². The molecule has 6 nitrogen and oxygen atoms in total. The number of para-hydroxylation sites is 2. The number of rotatable bonds is 7. The molecule has 0 aliphatic heterocycles. The predicted molar refractivity (Wildman–Crippen MR) is 106 cm³/mol. The topological polar surface area (TPSA) is 76.7 Å². The van der Waals surface area contributed by atoms with Crippen molar-refractivity contribution in [3.8, 4) is 11.5 Å². The molecular weight excluding hydrogens is 344 g/mol. The van der Waals surface area contributed by atoms with Gasteiger partial charge < -0.3 is 20.1 Å². The molecule has 0 fully saturated rings. The number of carbonyl (C=O) groups is 2. The Hall–Kier alpha value is -3.02. The fraction of sp³-hybridized carbons (Fsp3) is 0.333. The molecule has 144 valence electrons. The molecule has 0 bridgehead atoms. The minimum Gasteiger partial charge on any atom is -0.495 e. The Morgan fingerprint density at radius 1 is 0.963 bits per heavy atom. The zero-order valence-electron chi connectivity index (χ0n) is 16.4. The normalized spacial score (nSPS) is 10.9. The van der Waals surface area contributed by atoms with Gasteiger partial charge in [-0.25, -0.2) is 0 Å². The van der Waals surface area contributed by atoms with E-state index in [0.29, 0.717) is 29.5 Å². The third-order valence-corrected chi connectivity index (χ3v) is 4.17. The van der Waals surface area contributed by atoms with Crippen molar-refractivity contribution < 1.29 is 19.1 Å². The number of benzene rings is 2. The summed E-state index contributed by atoms with van der Waals surface area (Å²) in [5.74, 6) is 0.230. The molecule has 27 heavy (non-hydrogen) atoms. The fourth-order valence-corrected chi connectivity index (χ4v) is 2.43. The van der Waals surface area contributed by atoms with Gasteiger partial charge in [0.25, 0.3) is 0 Å². The zero-order valence-corrected chi connectivity index (χ0v) is 16.4. The summed E-state index contributed by atoms with van der Waals surface area (Å²) in [4.78, 5) is 25.6. The van der Waals surface area contributed by atoms with Crippen LogP contribution in [0.1, 0.15) is 26.3 Å². The van der Waals surface area contributed by atoms with Gasteiger partial charge in [-0.1, -0.05) is 18.2 Å². The molecule has 2 aromatic carbocycles. The van der Waals surface area contributed by atoms with Crippen LogP contribution in [0.2, 0.25) is 0 Å². The van der Waals surface area contributed by atoms with Gasteiger partial charge in [-0.3, -0.25) is 9.59 Å². The van der Waals surface area contributed by atoms with Crippen LogP contribution < -0.4 is 20.1 Å². The molecule has 0 aliphatic rings. The van der Waals surface area contributed by atoms with Gasteiger partial charge >= 0.3 is 0 Å². The van der Waals surface area contributed by atoms with Crippen molar-refractivity contribution in [3.05, 3.63) is 48.0 Å². The first-order chi connectivity index (χ1) is 12.8. The number of hydrogen-bond acceptors (Lipinski definition) is 4. The first-order valence-corrected chi connectivity index (χ1v) is 8.79. The van der Waals surface area contributed by atoms with Crippen molar-refractivity contribution in [2.45, 2.75) is 27.7 Å². The number of methoxy groups -OCH3 is 1. The van der Waals surface area contributed by atoms with E-state index >= 15 is 0 Å². The third kappa shape index (κ3) is 4.78. The molecule has 0 saturated carbocycles. The van der Waals surface area contributed by atoms with E-state index in [4.69, 9.17) is 9.47 Å². The van der Waals surface area contributed by atoms with Gasteiger partial charge in [0.2, 0.25) is 11.8 Å². The average Bonchev–Trinajstić information content (AvgIpc) is 2.63. The average molecular weight is 370 g/mol. The highest BCUT2D eigenvalue weighted by atomic mass is 16.5. The maximum atomic E-state index is 12.8. The summed E-state index contributed by atoms with van der Waals surface area (Å²) in [5.41, 5.74) is 0.712. The lowest BCUT2D eigenvalue weighted by molar-refractivity contribution is -0.135. The van der Waals surface area contributed by atoms with E-state index in [1.807, 2.05) is 26.0 Å². The highest BCUT2D eigenvalue weighted by molar-refractivity contribution is 6.14. The molecular formula is C21H26N2O4. The van der Waals surface area contributed by atoms with Crippen LogP contribution in [0.3, 0.4) is 0 Å². The monoisotopic (exact) mass is 370 g/mol. The predicted octanol–water partition coefficient (Wildman–Crippen LogP) is 4.01. The van der Waals surface area contributed by atoms with Crippen LogP contribution in [0.15, 0.2) is 42.5 Å². The largest absolute Gasteiger partial charge is 0.495 e. The molecule has 0 atom stereocenters. The molecule has 2 rings (SSSR count). The second kappa shape index (κ2) is 8.58. The minimum absolute atomic E-state index is 0.432. The van der Waals surface area contributed by atoms with E-state index < -0.39 is 17.2 Å². The number of hydrogen-bond donors (Lipinski definition) is 2. The van der Waals surface area contributed by atoms with Gasteiger partial charge in [-0.05, 0) is 57.5 Å². The molecule has 6 heteroatoms. The van der Waals surface area contributed by atoms with Crippen molar-refractivity contribution in [1.29, 1.82) is 0 Å². The van der Waals surface area contributed by atoms with Crippen molar-refractivity contribution in [2.24, 2.45) is 5.41 Å². The fourth-order valence-electron chi connectivity index (χ4n) is 2.43. The van der Waals surface area contributed by atoms with Crippen molar-refractivity contribution in [1.82, 2.24) is 0 Å². The maximum absolute atomic E-state index is 12.8. The lowest BCUT2D eigenvalue weighted by Crippen LogP contribution is -2.41. The Balaban J connectivity index is 2.18. The minimum atomic E-state index is -1.31. The standard InChI is InChI=1S/C21H26N2O4/c1-6-27-18-10-8-7-9-15(18)22-19(24)21(3,4)20(25)23-16-13-14(2)11-12-17(16)26-5/h7-13H,6H2,1-5H3,(H,22,24)(H,23,25). The number of ether oxygens (including phenoxy) is 2. The molecule has 0 radical (unpaired) electrons. The Bertz CT molecular complexity index is 831. The molecule has 2 aromatic rings. The highest BCUT2D eigenvalue weighted by Crippen LogP contribution is 2.30. The van der Waals surface area contributed by atoms with Crippen LogP contribution in [0.4, 0.5) is 11.4 Å². The van der Waals surface area contributed by atoms with Crippen molar-refractivity contribution in [3.63, 3.8) is 0 Å². The van der Waals surface area contributed by atoms with Gasteiger partial charge in [0, 0.05) is 0 Å². The Kier molecular flexibility index (Phi) is 6.45. The number of amides is 2. The highest BCUT2D eigenvalue weighted by Gasteiger charge is 2.37. The van der Waals surface area contributed by atoms with Crippen molar-refractivity contribution in [2.75, 3.05) is 24.4 Å². The summed E-state index contributed by atoms with van der Waals surface area (Å²) in [5, 5.41) is 5.58. The Labute approximate surface area is 159 Å².